The summed E-state index contributed by atoms with van der Waals surface area (Å²) in [5.41, 5.74) is 0.264. The molecule has 0 amide bonds. The van der Waals surface area contributed by atoms with Crippen molar-refractivity contribution in [3.05, 3.63) is 0 Å². The molecule has 1 atom stereocenters. The van der Waals surface area contributed by atoms with Gasteiger partial charge in [-0.2, -0.15) is 12.6 Å². The second-order valence-electron chi connectivity index (χ2n) is 5.79. The van der Waals surface area contributed by atoms with Crippen LogP contribution in [0.4, 0.5) is 0 Å². The van der Waals surface area contributed by atoms with Crippen molar-refractivity contribution < 1.29 is 9.47 Å². The summed E-state index contributed by atoms with van der Waals surface area (Å²) in [7, 11) is 0. The van der Waals surface area contributed by atoms with Crippen molar-refractivity contribution in [2.75, 3.05) is 32.2 Å². The van der Waals surface area contributed by atoms with E-state index in [1.807, 2.05) is 0 Å². The van der Waals surface area contributed by atoms with Gasteiger partial charge in [0.2, 0.25) is 0 Å². The zero-order valence-corrected chi connectivity index (χ0v) is 12.3. The molecule has 98 valence electrons. The van der Waals surface area contributed by atoms with Gasteiger partial charge in [0.05, 0.1) is 19.8 Å². The topological polar surface area (TPSA) is 18.5 Å². The van der Waals surface area contributed by atoms with Gasteiger partial charge >= 0.3 is 0 Å². The molecule has 0 aliphatic heterocycles. The normalized spacial score (nSPS) is 14.4. The van der Waals surface area contributed by atoms with Crippen molar-refractivity contribution in [2.45, 2.75) is 34.6 Å². The summed E-state index contributed by atoms with van der Waals surface area (Å²) in [6, 6.07) is 0. The largest absolute Gasteiger partial charge is 0.379 e. The van der Waals surface area contributed by atoms with Gasteiger partial charge in [-0.25, -0.2) is 0 Å². The summed E-state index contributed by atoms with van der Waals surface area (Å²) in [6.07, 6.45) is 0. The minimum absolute atomic E-state index is 0.264. The molecular weight excluding hydrogens is 220 g/mol. The number of hydrogen-bond acceptors (Lipinski definition) is 3. The van der Waals surface area contributed by atoms with Gasteiger partial charge in [-0.3, -0.25) is 0 Å². The standard InChI is InChI=1S/C13H28O2S/c1-11(2)8-14-6-7-15-9-12(10-16)13(3,4)5/h11-12,16H,6-10H2,1-5H3. The van der Waals surface area contributed by atoms with Crippen molar-refractivity contribution in [3.63, 3.8) is 0 Å². The van der Waals surface area contributed by atoms with Crippen LogP contribution in [0.1, 0.15) is 34.6 Å². The lowest BCUT2D eigenvalue weighted by atomic mass is 9.82. The molecule has 0 aliphatic rings. The maximum Gasteiger partial charge on any atom is 0.0700 e. The summed E-state index contributed by atoms with van der Waals surface area (Å²) < 4.78 is 11.1. The van der Waals surface area contributed by atoms with Gasteiger partial charge in [0.15, 0.2) is 0 Å². The molecule has 0 saturated carbocycles. The van der Waals surface area contributed by atoms with E-state index in [2.05, 4.69) is 47.2 Å². The van der Waals surface area contributed by atoms with E-state index in [4.69, 9.17) is 9.47 Å². The lowest BCUT2D eigenvalue weighted by molar-refractivity contribution is 0.0131. The predicted molar refractivity (Wildman–Crippen MR) is 73.3 cm³/mol. The van der Waals surface area contributed by atoms with Gasteiger partial charge in [-0.15, -0.1) is 0 Å². The molecule has 2 nitrogen and oxygen atoms in total. The summed E-state index contributed by atoms with van der Waals surface area (Å²) in [5.74, 6) is 1.97. The minimum Gasteiger partial charge on any atom is -0.379 e. The SMILES string of the molecule is CC(C)COCCOCC(CS)C(C)(C)C. The molecule has 16 heavy (non-hydrogen) atoms. The molecule has 0 aromatic carbocycles. The van der Waals surface area contributed by atoms with E-state index in [1.54, 1.807) is 0 Å². The first kappa shape index (κ1) is 16.3. The Labute approximate surface area is 107 Å². The average molecular weight is 248 g/mol. The quantitative estimate of drug-likeness (QED) is 0.525. The summed E-state index contributed by atoms with van der Waals surface area (Å²) in [4.78, 5) is 0. The van der Waals surface area contributed by atoms with Crippen molar-refractivity contribution >= 4 is 12.6 Å². The molecule has 3 heteroatoms. The van der Waals surface area contributed by atoms with Crippen LogP contribution in [0.3, 0.4) is 0 Å². The third-order valence-corrected chi connectivity index (χ3v) is 3.03. The van der Waals surface area contributed by atoms with E-state index in [0.29, 0.717) is 25.0 Å². The van der Waals surface area contributed by atoms with Crippen molar-refractivity contribution in [1.82, 2.24) is 0 Å². The zero-order chi connectivity index (χ0) is 12.6. The van der Waals surface area contributed by atoms with Gasteiger partial charge in [-0.05, 0) is 23.0 Å². The minimum atomic E-state index is 0.264. The first-order valence-corrected chi connectivity index (χ1v) is 6.77. The van der Waals surface area contributed by atoms with Gasteiger partial charge in [-0.1, -0.05) is 34.6 Å². The summed E-state index contributed by atoms with van der Waals surface area (Å²) >= 11 is 4.37. The molecule has 0 radical (unpaired) electrons. The highest BCUT2D eigenvalue weighted by molar-refractivity contribution is 7.80. The monoisotopic (exact) mass is 248 g/mol. The highest BCUT2D eigenvalue weighted by Gasteiger charge is 2.23. The Kier molecular flexibility index (Phi) is 8.52. The molecule has 0 N–H and O–H groups in total. The second-order valence-corrected chi connectivity index (χ2v) is 6.15. The van der Waals surface area contributed by atoms with E-state index >= 15 is 0 Å². The van der Waals surface area contributed by atoms with E-state index in [-0.39, 0.29) is 5.41 Å². The predicted octanol–water partition coefficient (Wildman–Crippen LogP) is 3.27. The highest BCUT2D eigenvalue weighted by Crippen LogP contribution is 2.26. The molecule has 0 aliphatic carbocycles. The first-order valence-electron chi connectivity index (χ1n) is 6.14. The zero-order valence-electron chi connectivity index (χ0n) is 11.5. The molecular formula is C13H28O2S. The Morgan fingerprint density at radius 3 is 1.88 bits per heavy atom. The molecule has 0 fully saturated rings. The number of thiol groups is 1. The molecule has 0 aromatic heterocycles. The lowest BCUT2D eigenvalue weighted by Gasteiger charge is -2.29. The van der Waals surface area contributed by atoms with E-state index in [9.17, 15) is 0 Å². The molecule has 0 spiro atoms. The van der Waals surface area contributed by atoms with Crippen molar-refractivity contribution in [2.24, 2.45) is 17.3 Å². The third kappa shape index (κ3) is 8.43. The Bertz CT molecular complexity index is 164. The maximum absolute atomic E-state index is 5.62. The summed E-state index contributed by atoms with van der Waals surface area (Å²) in [5, 5.41) is 0. The average Bonchev–Trinajstić information content (AvgIpc) is 2.14. The van der Waals surface area contributed by atoms with Crippen LogP contribution in [0.2, 0.25) is 0 Å². The van der Waals surface area contributed by atoms with E-state index in [0.717, 1.165) is 19.0 Å². The number of ether oxygens (including phenoxy) is 2. The molecule has 0 aromatic rings. The molecule has 0 bridgehead atoms. The van der Waals surface area contributed by atoms with E-state index in [1.165, 1.54) is 0 Å². The van der Waals surface area contributed by atoms with E-state index < -0.39 is 0 Å². The number of hydrogen-bond donors (Lipinski definition) is 1. The molecule has 0 saturated heterocycles. The fourth-order valence-corrected chi connectivity index (χ4v) is 1.89. The smallest absolute Gasteiger partial charge is 0.0700 e. The van der Waals surface area contributed by atoms with Gasteiger partial charge < -0.3 is 9.47 Å². The van der Waals surface area contributed by atoms with Crippen LogP contribution in [0.15, 0.2) is 0 Å². The Balaban J connectivity index is 3.50. The van der Waals surface area contributed by atoms with Crippen LogP contribution in [-0.2, 0) is 9.47 Å². The Morgan fingerprint density at radius 2 is 1.50 bits per heavy atom. The molecule has 1 unspecified atom stereocenters. The molecule has 0 heterocycles. The summed E-state index contributed by atoms with van der Waals surface area (Å²) in [6.45, 7) is 14.0. The van der Waals surface area contributed by atoms with Crippen LogP contribution >= 0.6 is 12.6 Å². The Morgan fingerprint density at radius 1 is 1.00 bits per heavy atom. The fraction of sp³-hybridized carbons (Fsp3) is 1.00. The van der Waals surface area contributed by atoms with Crippen LogP contribution in [0, 0.1) is 17.3 Å². The van der Waals surface area contributed by atoms with Crippen molar-refractivity contribution in [1.29, 1.82) is 0 Å². The molecule has 0 rings (SSSR count). The van der Waals surface area contributed by atoms with Crippen molar-refractivity contribution in [3.8, 4) is 0 Å². The highest BCUT2D eigenvalue weighted by atomic mass is 32.1. The maximum atomic E-state index is 5.62. The second kappa shape index (κ2) is 8.37. The van der Waals surface area contributed by atoms with Gasteiger partial charge in [0, 0.05) is 6.61 Å². The first-order chi connectivity index (χ1) is 7.38. The van der Waals surface area contributed by atoms with Crippen LogP contribution in [0.5, 0.6) is 0 Å². The Hall–Kier alpha value is 0.270. The fourth-order valence-electron chi connectivity index (χ4n) is 1.24. The van der Waals surface area contributed by atoms with Crippen LogP contribution < -0.4 is 0 Å². The van der Waals surface area contributed by atoms with Crippen LogP contribution in [-0.4, -0.2) is 32.2 Å². The third-order valence-electron chi connectivity index (χ3n) is 2.59. The van der Waals surface area contributed by atoms with Gasteiger partial charge in [0.25, 0.3) is 0 Å². The number of rotatable bonds is 8. The van der Waals surface area contributed by atoms with Gasteiger partial charge in [0.1, 0.15) is 0 Å². The lowest BCUT2D eigenvalue weighted by Crippen LogP contribution is -2.27. The van der Waals surface area contributed by atoms with Crippen LogP contribution in [0.25, 0.3) is 0 Å².